The number of hydrogen-bond acceptors (Lipinski definition) is 3. The molecular formula is C11H20O4. The van der Waals surface area contributed by atoms with E-state index in [0.717, 1.165) is 0 Å². The van der Waals surface area contributed by atoms with Gasteiger partial charge in [0.25, 0.3) is 0 Å². The molecule has 0 aromatic rings. The van der Waals surface area contributed by atoms with Crippen LogP contribution in [0.25, 0.3) is 0 Å². The first-order valence-corrected chi connectivity index (χ1v) is 5.16. The van der Waals surface area contributed by atoms with E-state index in [1.54, 1.807) is 34.6 Å². The van der Waals surface area contributed by atoms with Crippen LogP contribution in [0.3, 0.4) is 0 Å². The Morgan fingerprint density at radius 2 is 1.53 bits per heavy atom. The summed E-state index contributed by atoms with van der Waals surface area (Å²) in [7, 11) is 0. The van der Waals surface area contributed by atoms with E-state index in [9.17, 15) is 9.59 Å². The topological polar surface area (TPSA) is 63.6 Å². The lowest BCUT2D eigenvalue weighted by molar-refractivity contribution is -0.177. The Morgan fingerprint density at radius 3 is 1.73 bits per heavy atom. The number of hydrogen-bond donors (Lipinski definition) is 1. The fraction of sp³-hybridized carbons (Fsp3) is 0.818. The number of carbonyl (C=O) groups is 2. The second-order valence-corrected chi connectivity index (χ2v) is 4.60. The van der Waals surface area contributed by atoms with E-state index in [1.165, 1.54) is 0 Å². The Balaban J connectivity index is 4.95. The number of carboxylic acid groups (broad SMARTS) is 1. The van der Waals surface area contributed by atoms with Gasteiger partial charge in [0.1, 0.15) is 5.60 Å². The number of ether oxygens (including phenoxy) is 1. The van der Waals surface area contributed by atoms with Crippen LogP contribution in [-0.4, -0.2) is 22.6 Å². The number of esters is 1. The fourth-order valence-electron chi connectivity index (χ4n) is 1.30. The molecule has 0 aliphatic carbocycles. The van der Waals surface area contributed by atoms with Gasteiger partial charge in [-0.3, -0.25) is 9.59 Å². The van der Waals surface area contributed by atoms with Crippen molar-refractivity contribution < 1.29 is 19.4 Å². The first-order chi connectivity index (χ1) is 6.69. The summed E-state index contributed by atoms with van der Waals surface area (Å²) in [6.45, 7) is 8.54. The van der Waals surface area contributed by atoms with Crippen molar-refractivity contribution in [1.82, 2.24) is 0 Å². The second kappa shape index (κ2) is 4.64. The molecule has 0 unspecified atom stereocenters. The maximum absolute atomic E-state index is 11.8. The van der Waals surface area contributed by atoms with Crippen LogP contribution in [0.2, 0.25) is 0 Å². The summed E-state index contributed by atoms with van der Waals surface area (Å²) < 4.78 is 5.13. The summed E-state index contributed by atoms with van der Waals surface area (Å²) in [6.07, 6.45) is 0.488. The predicted octanol–water partition coefficient (Wildman–Crippen LogP) is 2.22. The molecule has 0 radical (unpaired) electrons. The highest BCUT2D eigenvalue weighted by molar-refractivity contribution is 5.99. The third-order valence-corrected chi connectivity index (χ3v) is 2.41. The molecule has 0 bridgehead atoms. The smallest absolute Gasteiger partial charge is 0.323 e. The van der Waals surface area contributed by atoms with Gasteiger partial charge in [0, 0.05) is 0 Å². The summed E-state index contributed by atoms with van der Waals surface area (Å²) in [5.74, 6) is -1.76. The molecule has 0 aromatic carbocycles. The van der Waals surface area contributed by atoms with Crippen molar-refractivity contribution in [3.05, 3.63) is 0 Å². The lowest BCUT2D eigenvalue weighted by Crippen LogP contribution is -2.42. The first kappa shape index (κ1) is 13.9. The van der Waals surface area contributed by atoms with Crippen molar-refractivity contribution in [3.8, 4) is 0 Å². The zero-order valence-electron chi connectivity index (χ0n) is 10.1. The van der Waals surface area contributed by atoms with Gasteiger partial charge in [0.15, 0.2) is 5.41 Å². The number of carbonyl (C=O) groups excluding carboxylic acids is 1. The van der Waals surface area contributed by atoms with Gasteiger partial charge in [-0.2, -0.15) is 0 Å². The quantitative estimate of drug-likeness (QED) is 0.578. The van der Waals surface area contributed by atoms with Gasteiger partial charge in [0.05, 0.1) is 0 Å². The van der Waals surface area contributed by atoms with Gasteiger partial charge >= 0.3 is 11.9 Å². The van der Waals surface area contributed by atoms with Crippen molar-refractivity contribution in [2.45, 2.75) is 53.1 Å². The SMILES string of the molecule is CCC(CC)(C(=O)O)C(=O)OC(C)(C)C. The minimum Gasteiger partial charge on any atom is -0.480 e. The average Bonchev–Trinajstić information content (AvgIpc) is 2.03. The van der Waals surface area contributed by atoms with E-state index in [1.807, 2.05) is 0 Å². The molecule has 0 saturated carbocycles. The average molecular weight is 216 g/mol. The highest BCUT2D eigenvalue weighted by atomic mass is 16.6. The summed E-state index contributed by atoms with van der Waals surface area (Å²) in [5, 5.41) is 9.09. The molecule has 0 spiro atoms. The summed E-state index contributed by atoms with van der Waals surface area (Å²) in [4.78, 5) is 22.9. The van der Waals surface area contributed by atoms with E-state index < -0.39 is 23.0 Å². The van der Waals surface area contributed by atoms with Crippen LogP contribution in [0.4, 0.5) is 0 Å². The number of carboxylic acids is 1. The Kier molecular flexibility index (Phi) is 4.31. The third-order valence-electron chi connectivity index (χ3n) is 2.41. The van der Waals surface area contributed by atoms with Gasteiger partial charge in [-0.25, -0.2) is 0 Å². The van der Waals surface area contributed by atoms with Crippen molar-refractivity contribution in [2.24, 2.45) is 5.41 Å². The molecule has 88 valence electrons. The molecule has 0 aliphatic heterocycles. The van der Waals surface area contributed by atoms with Crippen LogP contribution in [0, 0.1) is 5.41 Å². The van der Waals surface area contributed by atoms with Gasteiger partial charge in [-0.1, -0.05) is 13.8 Å². The fourth-order valence-corrected chi connectivity index (χ4v) is 1.30. The largest absolute Gasteiger partial charge is 0.480 e. The van der Waals surface area contributed by atoms with E-state index >= 15 is 0 Å². The van der Waals surface area contributed by atoms with Crippen molar-refractivity contribution in [1.29, 1.82) is 0 Å². The van der Waals surface area contributed by atoms with E-state index in [2.05, 4.69) is 0 Å². The molecule has 4 nitrogen and oxygen atoms in total. The maximum Gasteiger partial charge on any atom is 0.323 e. The molecule has 0 saturated heterocycles. The second-order valence-electron chi connectivity index (χ2n) is 4.60. The molecule has 0 aromatic heterocycles. The number of rotatable bonds is 4. The van der Waals surface area contributed by atoms with Crippen molar-refractivity contribution >= 4 is 11.9 Å². The molecule has 0 atom stereocenters. The molecule has 0 amide bonds. The lowest BCUT2D eigenvalue weighted by atomic mass is 9.82. The maximum atomic E-state index is 11.8. The Bertz CT molecular complexity index is 246. The number of aliphatic carboxylic acids is 1. The zero-order valence-corrected chi connectivity index (χ0v) is 10.1. The van der Waals surface area contributed by atoms with Crippen molar-refractivity contribution in [3.63, 3.8) is 0 Å². The molecule has 0 rings (SSSR count). The molecular weight excluding hydrogens is 196 g/mol. The van der Waals surface area contributed by atoms with Gasteiger partial charge < -0.3 is 9.84 Å². The zero-order chi connectivity index (χ0) is 12.3. The highest BCUT2D eigenvalue weighted by Gasteiger charge is 2.45. The lowest BCUT2D eigenvalue weighted by Gasteiger charge is -2.29. The van der Waals surface area contributed by atoms with E-state index in [-0.39, 0.29) is 12.8 Å². The van der Waals surface area contributed by atoms with E-state index in [4.69, 9.17) is 9.84 Å². The Hall–Kier alpha value is -1.06. The van der Waals surface area contributed by atoms with Crippen LogP contribution in [0.5, 0.6) is 0 Å². The van der Waals surface area contributed by atoms with Crippen LogP contribution in [-0.2, 0) is 14.3 Å². The molecule has 0 heterocycles. The summed E-state index contributed by atoms with van der Waals surface area (Å²) in [5.41, 5.74) is -2.05. The molecule has 0 aliphatic rings. The first-order valence-electron chi connectivity index (χ1n) is 5.16. The van der Waals surface area contributed by atoms with Crippen molar-refractivity contribution in [2.75, 3.05) is 0 Å². The van der Waals surface area contributed by atoms with Crippen LogP contribution in [0.15, 0.2) is 0 Å². The molecule has 0 fully saturated rings. The Morgan fingerprint density at radius 1 is 1.13 bits per heavy atom. The normalized spacial score (nSPS) is 12.3. The third kappa shape index (κ3) is 3.22. The van der Waals surface area contributed by atoms with Crippen LogP contribution < -0.4 is 0 Å². The summed E-state index contributed by atoms with van der Waals surface area (Å²) >= 11 is 0. The predicted molar refractivity (Wildman–Crippen MR) is 56.5 cm³/mol. The minimum atomic E-state index is -1.40. The highest BCUT2D eigenvalue weighted by Crippen LogP contribution is 2.30. The standard InChI is InChI=1S/C11H20O4/c1-6-11(7-2,8(12)13)9(14)15-10(3,4)5/h6-7H2,1-5H3,(H,12,13). The van der Waals surface area contributed by atoms with E-state index in [0.29, 0.717) is 0 Å². The molecule has 1 N–H and O–H groups in total. The molecule has 15 heavy (non-hydrogen) atoms. The van der Waals surface area contributed by atoms with Crippen LogP contribution >= 0.6 is 0 Å². The Labute approximate surface area is 90.6 Å². The van der Waals surface area contributed by atoms with Gasteiger partial charge in [-0.15, -0.1) is 0 Å². The van der Waals surface area contributed by atoms with Crippen LogP contribution in [0.1, 0.15) is 47.5 Å². The van der Waals surface area contributed by atoms with Gasteiger partial charge in [0.2, 0.25) is 0 Å². The monoisotopic (exact) mass is 216 g/mol. The molecule has 4 heteroatoms. The summed E-state index contributed by atoms with van der Waals surface area (Å²) in [6, 6.07) is 0. The minimum absolute atomic E-state index is 0.244. The van der Waals surface area contributed by atoms with Gasteiger partial charge in [-0.05, 0) is 33.6 Å².